The van der Waals surface area contributed by atoms with E-state index in [2.05, 4.69) is 32.0 Å². The van der Waals surface area contributed by atoms with Gasteiger partial charge in [0.25, 0.3) is 5.91 Å². The van der Waals surface area contributed by atoms with Gasteiger partial charge in [-0.3, -0.25) is 14.7 Å². The number of fused-ring (bicyclic) bond motifs is 1. The van der Waals surface area contributed by atoms with E-state index in [9.17, 15) is 4.79 Å². The third-order valence-electron chi connectivity index (χ3n) is 4.17. The fourth-order valence-corrected chi connectivity index (χ4v) is 4.26. The highest BCUT2D eigenvalue weighted by Crippen LogP contribution is 2.32. The highest BCUT2D eigenvalue weighted by molar-refractivity contribution is 9.10. The van der Waals surface area contributed by atoms with Gasteiger partial charge in [-0.1, -0.05) is 27.3 Å². The summed E-state index contributed by atoms with van der Waals surface area (Å²) in [7, 11) is 0. The Morgan fingerprint density at radius 3 is 2.57 bits per heavy atom. The summed E-state index contributed by atoms with van der Waals surface area (Å²) in [6.07, 6.45) is 3.41. The first-order valence-electron chi connectivity index (χ1n) is 8.41. The molecule has 2 heterocycles. The van der Waals surface area contributed by atoms with E-state index in [1.807, 2.05) is 30.3 Å². The fourth-order valence-electron chi connectivity index (χ4n) is 2.74. The van der Waals surface area contributed by atoms with Crippen LogP contribution in [0.1, 0.15) is 21.5 Å². The molecule has 0 spiro atoms. The third kappa shape index (κ3) is 3.79. The Bertz CT molecular complexity index is 1180. The normalized spacial score (nSPS) is 10.6. The fraction of sp³-hybridized carbons (Fsp3) is 0.0476. The summed E-state index contributed by atoms with van der Waals surface area (Å²) in [6.45, 7) is 0.377. The molecule has 0 aliphatic carbocycles. The molecule has 1 amide bonds. The quantitative estimate of drug-likeness (QED) is 0.431. The molecule has 0 saturated heterocycles. The molecule has 0 aliphatic heterocycles. The van der Waals surface area contributed by atoms with Gasteiger partial charge in [-0.2, -0.15) is 5.26 Å². The number of hydrogen-bond donors (Lipinski definition) is 0. The number of amides is 1. The number of benzene rings is 2. The molecule has 4 aromatic rings. The maximum absolute atomic E-state index is 13.3. The van der Waals surface area contributed by atoms with E-state index in [1.165, 1.54) is 11.3 Å². The van der Waals surface area contributed by atoms with Crippen LogP contribution in [-0.2, 0) is 6.54 Å². The van der Waals surface area contributed by atoms with E-state index in [0.717, 1.165) is 20.3 Å². The van der Waals surface area contributed by atoms with Gasteiger partial charge in [0.15, 0.2) is 5.13 Å². The predicted molar refractivity (Wildman–Crippen MR) is 113 cm³/mol. The van der Waals surface area contributed by atoms with Crippen molar-refractivity contribution >= 4 is 48.5 Å². The number of carbonyl (C=O) groups is 1. The topological polar surface area (TPSA) is 69.9 Å². The van der Waals surface area contributed by atoms with E-state index in [4.69, 9.17) is 5.26 Å². The summed E-state index contributed by atoms with van der Waals surface area (Å²) in [5, 5.41) is 9.61. The van der Waals surface area contributed by atoms with Crippen LogP contribution >= 0.6 is 27.3 Å². The first kappa shape index (κ1) is 18.3. The zero-order chi connectivity index (χ0) is 19.5. The van der Waals surface area contributed by atoms with E-state index < -0.39 is 0 Å². The molecule has 0 N–H and O–H groups in total. The molecule has 5 nitrogen and oxygen atoms in total. The summed E-state index contributed by atoms with van der Waals surface area (Å²) in [6, 6.07) is 18.3. The van der Waals surface area contributed by atoms with Gasteiger partial charge in [-0.05, 0) is 60.2 Å². The highest BCUT2D eigenvalue weighted by atomic mass is 79.9. The van der Waals surface area contributed by atoms with Crippen molar-refractivity contribution in [2.75, 3.05) is 4.90 Å². The Balaban J connectivity index is 1.75. The van der Waals surface area contributed by atoms with E-state index in [1.54, 1.807) is 41.6 Å². The zero-order valence-corrected chi connectivity index (χ0v) is 16.9. The second kappa shape index (κ2) is 7.89. The zero-order valence-electron chi connectivity index (χ0n) is 14.5. The van der Waals surface area contributed by atoms with Crippen molar-refractivity contribution in [3.63, 3.8) is 0 Å². The standard InChI is InChI=1S/C21H13BrN4OS/c22-17-5-6-18-19(11-17)28-21(25-18)26(13-15-7-9-24-10-8-15)20(27)16-3-1-14(12-23)2-4-16/h1-11H,13H2. The predicted octanol–water partition coefficient (Wildman–Crippen LogP) is 5.17. The lowest BCUT2D eigenvalue weighted by Gasteiger charge is -2.20. The van der Waals surface area contributed by atoms with Crippen molar-refractivity contribution in [2.24, 2.45) is 0 Å². The number of anilines is 1. The Kier molecular flexibility index (Phi) is 5.15. The van der Waals surface area contributed by atoms with Crippen LogP contribution in [0.5, 0.6) is 0 Å². The molecule has 4 rings (SSSR count). The average molecular weight is 449 g/mol. The molecule has 136 valence electrons. The van der Waals surface area contributed by atoms with Crippen molar-refractivity contribution in [1.29, 1.82) is 5.26 Å². The number of aromatic nitrogens is 2. The van der Waals surface area contributed by atoms with E-state index in [-0.39, 0.29) is 5.91 Å². The first-order valence-corrected chi connectivity index (χ1v) is 10.0. The van der Waals surface area contributed by atoms with Gasteiger partial charge < -0.3 is 0 Å². The first-order chi connectivity index (χ1) is 13.6. The summed E-state index contributed by atoms with van der Waals surface area (Å²) in [5.41, 5.74) is 2.82. The van der Waals surface area contributed by atoms with Crippen LogP contribution in [0.2, 0.25) is 0 Å². The second-order valence-corrected chi connectivity index (χ2v) is 7.97. The van der Waals surface area contributed by atoms with Gasteiger partial charge in [0.2, 0.25) is 0 Å². The average Bonchev–Trinajstić information content (AvgIpc) is 3.15. The Hall–Kier alpha value is -3.08. The van der Waals surface area contributed by atoms with Crippen molar-refractivity contribution in [1.82, 2.24) is 9.97 Å². The van der Waals surface area contributed by atoms with Gasteiger partial charge in [0.05, 0.1) is 28.4 Å². The van der Waals surface area contributed by atoms with Gasteiger partial charge in [0.1, 0.15) is 0 Å². The van der Waals surface area contributed by atoms with E-state index >= 15 is 0 Å². The lowest BCUT2D eigenvalue weighted by molar-refractivity contribution is 0.0985. The molecule has 0 unspecified atom stereocenters. The minimum absolute atomic E-state index is 0.167. The monoisotopic (exact) mass is 448 g/mol. The minimum Gasteiger partial charge on any atom is -0.279 e. The number of halogens is 1. The number of carbonyl (C=O) groups excluding carboxylic acids is 1. The van der Waals surface area contributed by atoms with Gasteiger partial charge in [-0.15, -0.1) is 0 Å². The van der Waals surface area contributed by atoms with Crippen LogP contribution in [0.3, 0.4) is 0 Å². The van der Waals surface area contributed by atoms with Crippen LogP contribution in [0.4, 0.5) is 5.13 Å². The summed E-state index contributed by atoms with van der Waals surface area (Å²) >= 11 is 4.94. The minimum atomic E-state index is -0.167. The molecule has 0 atom stereocenters. The third-order valence-corrected chi connectivity index (χ3v) is 5.70. The molecule has 7 heteroatoms. The summed E-state index contributed by atoms with van der Waals surface area (Å²) < 4.78 is 1.96. The maximum Gasteiger partial charge on any atom is 0.260 e. The van der Waals surface area contributed by atoms with Crippen LogP contribution in [0, 0.1) is 11.3 Å². The summed E-state index contributed by atoms with van der Waals surface area (Å²) in [4.78, 5) is 23.6. The van der Waals surface area contributed by atoms with Crippen molar-refractivity contribution in [3.05, 3.63) is 88.2 Å². The number of rotatable bonds is 4. The number of thiazole rings is 1. The molecule has 0 radical (unpaired) electrons. The highest BCUT2D eigenvalue weighted by Gasteiger charge is 2.22. The van der Waals surface area contributed by atoms with Gasteiger partial charge >= 0.3 is 0 Å². The van der Waals surface area contributed by atoms with Gasteiger partial charge in [-0.25, -0.2) is 4.98 Å². The molecule has 2 aromatic carbocycles. The summed E-state index contributed by atoms with van der Waals surface area (Å²) in [5.74, 6) is -0.167. The lowest BCUT2D eigenvalue weighted by Crippen LogP contribution is -2.30. The molecular weight excluding hydrogens is 436 g/mol. The molecule has 28 heavy (non-hydrogen) atoms. The molecular formula is C21H13BrN4OS. The number of nitriles is 1. The SMILES string of the molecule is N#Cc1ccc(C(=O)N(Cc2ccncc2)c2nc3ccc(Br)cc3s2)cc1. The molecule has 0 fully saturated rings. The van der Waals surface area contributed by atoms with E-state index in [0.29, 0.717) is 22.8 Å². The number of nitrogens with zero attached hydrogens (tertiary/aromatic N) is 4. The van der Waals surface area contributed by atoms with Crippen molar-refractivity contribution in [3.8, 4) is 6.07 Å². The maximum atomic E-state index is 13.3. The molecule has 0 aliphatic rings. The number of hydrogen-bond acceptors (Lipinski definition) is 5. The van der Waals surface area contributed by atoms with Crippen LogP contribution in [0.25, 0.3) is 10.2 Å². The van der Waals surface area contributed by atoms with Crippen LogP contribution in [0.15, 0.2) is 71.5 Å². The Labute approximate surface area is 174 Å². The van der Waals surface area contributed by atoms with Crippen LogP contribution in [-0.4, -0.2) is 15.9 Å². The van der Waals surface area contributed by atoms with Crippen molar-refractivity contribution in [2.45, 2.75) is 6.54 Å². The molecule has 2 aromatic heterocycles. The van der Waals surface area contributed by atoms with Crippen molar-refractivity contribution < 1.29 is 4.79 Å². The lowest BCUT2D eigenvalue weighted by atomic mass is 10.1. The molecule has 0 bridgehead atoms. The Morgan fingerprint density at radius 1 is 1.11 bits per heavy atom. The number of pyridine rings is 1. The van der Waals surface area contributed by atoms with Gasteiger partial charge in [0, 0.05) is 22.4 Å². The largest absolute Gasteiger partial charge is 0.279 e. The van der Waals surface area contributed by atoms with Crippen LogP contribution < -0.4 is 4.90 Å². The smallest absolute Gasteiger partial charge is 0.260 e. The second-order valence-electron chi connectivity index (χ2n) is 6.04. The molecule has 0 saturated carbocycles. The Morgan fingerprint density at radius 2 is 1.86 bits per heavy atom.